The second-order valence-corrected chi connectivity index (χ2v) is 8.13. The highest BCUT2D eigenvalue weighted by atomic mass is 16.2. The molecule has 126 valence electrons. The molecule has 2 aliphatic rings. The van der Waals surface area contributed by atoms with Crippen molar-refractivity contribution in [3.63, 3.8) is 0 Å². The molecule has 1 heterocycles. The second-order valence-electron chi connectivity index (χ2n) is 8.13. The third-order valence-corrected chi connectivity index (χ3v) is 5.10. The first-order valence-electron chi connectivity index (χ1n) is 8.55. The van der Waals surface area contributed by atoms with Gasteiger partial charge < -0.3 is 16.0 Å². The predicted molar refractivity (Wildman–Crippen MR) is 87.1 cm³/mol. The van der Waals surface area contributed by atoms with Gasteiger partial charge in [-0.05, 0) is 38.0 Å². The van der Waals surface area contributed by atoms with Crippen molar-refractivity contribution in [2.24, 2.45) is 17.1 Å². The molecule has 0 spiro atoms. The molecule has 22 heavy (non-hydrogen) atoms. The number of nitrogens with zero attached hydrogens (tertiary/aromatic N) is 1. The Morgan fingerprint density at radius 3 is 2.14 bits per heavy atom. The highest BCUT2D eigenvalue weighted by Gasteiger charge is 2.41. The van der Waals surface area contributed by atoms with Gasteiger partial charge in [0.2, 0.25) is 11.8 Å². The van der Waals surface area contributed by atoms with Gasteiger partial charge >= 0.3 is 0 Å². The van der Waals surface area contributed by atoms with Gasteiger partial charge in [-0.25, -0.2) is 0 Å². The summed E-state index contributed by atoms with van der Waals surface area (Å²) in [6, 6.07) is 0.0896. The maximum absolute atomic E-state index is 13.0. The number of rotatable bonds is 3. The number of primary amides is 1. The van der Waals surface area contributed by atoms with Gasteiger partial charge in [-0.2, -0.15) is 0 Å². The number of hydrogen-bond acceptors (Lipinski definition) is 3. The van der Waals surface area contributed by atoms with Gasteiger partial charge in [0, 0.05) is 24.0 Å². The van der Waals surface area contributed by atoms with E-state index in [0.717, 1.165) is 18.8 Å². The van der Waals surface area contributed by atoms with Crippen LogP contribution in [0.1, 0.15) is 59.8 Å². The van der Waals surface area contributed by atoms with Crippen molar-refractivity contribution in [3.05, 3.63) is 0 Å². The molecule has 0 aromatic carbocycles. The Kier molecular flexibility index (Phi) is 5.15. The van der Waals surface area contributed by atoms with Crippen molar-refractivity contribution in [2.75, 3.05) is 6.54 Å². The molecule has 1 saturated heterocycles. The first kappa shape index (κ1) is 17.3. The van der Waals surface area contributed by atoms with Crippen LogP contribution in [0.5, 0.6) is 0 Å². The van der Waals surface area contributed by atoms with Crippen LogP contribution in [0.3, 0.4) is 0 Å². The maximum Gasteiger partial charge on any atom is 0.234 e. The normalized spacial score (nSPS) is 32.7. The third-order valence-electron chi connectivity index (χ3n) is 5.10. The highest BCUT2D eigenvalue weighted by Crippen LogP contribution is 2.33. The maximum atomic E-state index is 13.0. The summed E-state index contributed by atoms with van der Waals surface area (Å²) in [6.07, 6.45) is 5.14. The van der Waals surface area contributed by atoms with Crippen LogP contribution >= 0.6 is 0 Å². The minimum Gasteiger partial charge on any atom is -0.368 e. The first-order valence-corrected chi connectivity index (χ1v) is 8.55. The molecule has 5 heteroatoms. The van der Waals surface area contributed by atoms with Gasteiger partial charge in [-0.3, -0.25) is 9.59 Å². The summed E-state index contributed by atoms with van der Waals surface area (Å²) in [6.45, 7) is 8.87. The topological polar surface area (TPSA) is 75.4 Å². The Balaban J connectivity index is 2.15. The summed E-state index contributed by atoms with van der Waals surface area (Å²) < 4.78 is 0. The summed E-state index contributed by atoms with van der Waals surface area (Å²) in [5.41, 5.74) is 5.02. The Hall–Kier alpha value is -1.10. The molecular formula is C17H31N3O2. The molecule has 1 saturated carbocycles. The molecule has 0 radical (unpaired) electrons. The Labute approximate surface area is 134 Å². The van der Waals surface area contributed by atoms with Crippen molar-refractivity contribution in [3.8, 4) is 0 Å². The van der Waals surface area contributed by atoms with Crippen LogP contribution in [0.25, 0.3) is 0 Å². The molecule has 0 aromatic rings. The number of amides is 2. The van der Waals surface area contributed by atoms with E-state index >= 15 is 0 Å². The van der Waals surface area contributed by atoms with Crippen LogP contribution in [-0.2, 0) is 9.59 Å². The lowest BCUT2D eigenvalue weighted by atomic mass is 9.84. The molecule has 0 bridgehead atoms. The molecule has 1 aliphatic carbocycles. The molecular weight excluding hydrogens is 278 g/mol. The average molecular weight is 309 g/mol. The molecule has 3 N–H and O–H groups in total. The van der Waals surface area contributed by atoms with Crippen LogP contribution in [0.2, 0.25) is 0 Å². The van der Waals surface area contributed by atoms with Gasteiger partial charge in [0.1, 0.15) is 0 Å². The number of nitrogens with two attached hydrogens (primary N) is 1. The Morgan fingerprint density at radius 2 is 1.68 bits per heavy atom. The molecule has 5 nitrogen and oxygen atoms in total. The van der Waals surface area contributed by atoms with Gasteiger partial charge in [0.15, 0.2) is 0 Å². The average Bonchev–Trinajstić information content (AvgIpc) is 2.90. The fourth-order valence-electron chi connectivity index (χ4n) is 3.68. The molecule has 2 rings (SSSR count). The zero-order valence-corrected chi connectivity index (χ0v) is 14.4. The molecule has 0 unspecified atom stereocenters. The van der Waals surface area contributed by atoms with Gasteiger partial charge in [-0.1, -0.05) is 27.7 Å². The van der Waals surface area contributed by atoms with E-state index in [1.54, 1.807) is 0 Å². The minimum absolute atomic E-state index is 0.0858. The van der Waals surface area contributed by atoms with Crippen LogP contribution in [0.15, 0.2) is 0 Å². The summed E-state index contributed by atoms with van der Waals surface area (Å²) >= 11 is 0. The van der Waals surface area contributed by atoms with Crippen LogP contribution in [-0.4, -0.2) is 41.4 Å². The number of nitrogens with one attached hydrogen (secondary N) is 1. The summed E-state index contributed by atoms with van der Waals surface area (Å²) in [5.74, 6) is 0.634. The standard InChI is InChI=1S/C17H31N3O2/c1-11-5-7-12(8-6-11)20(16(22)17(2,3)4)13-9-14(15(18)21)19-10-13/h11-14,19H,5-10H2,1-4H3,(H2,18,21)/t11?,12?,13-,14-/m0/s1. The zero-order valence-electron chi connectivity index (χ0n) is 14.4. The van der Waals surface area contributed by atoms with Crippen LogP contribution in [0.4, 0.5) is 0 Å². The van der Waals surface area contributed by atoms with Crippen molar-refractivity contribution in [1.82, 2.24) is 10.2 Å². The number of carbonyl (C=O) groups is 2. The molecule has 0 aromatic heterocycles. The molecule has 2 amide bonds. The van der Waals surface area contributed by atoms with E-state index in [2.05, 4.69) is 17.1 Å². The van der Waals surface area contributed by atoms with Gasteiger partial charge in [-0.15, -0.1) is 0 Å². The van der Waals surface area contributed by atoms with Crippen molar-refractivity contribution in [1.29, 1.82) is 0 Å². The lowest BCUT2D eigenvalue weighted by molar-refractivity contribution is -0.145. The summed E-state index contributed by atoms with van der Waals surface area (Å²) in [5, 5.41) is 3.17. The van der Waals surface area contributed by atoms with Gasteiger partial charge in [0.25, 0.3) is 0 Å². The van der Waals surface area contributed by atoms with Crippen LogP contribution < -0.4 is 11.1 Å². The third kappa shape index (κ3) is 3.80. The quantitative estimate of drug-likeness (QED) is 0.832. The zero-order chi connectivity index (χ0) is 16.5. The fourth-order valence-corrected chi connectivity index (χ4v) is 3.68. The van der Waals surface area contributed by atoms with E-state index in [9.17, 15) is 9.59 Å². The second kappa shape index (κ2) is 6.57. The summed E-state index contributed by atoms with van der Waals surface area (Å²) in [7, 11) is 0. The van der Waals surface area contributed by atoms with Crippen molar-refractivity contribution < 1.29 is 9.59 Å². The molecule has 2 atom stereocenters. The molecule has 1 aliphatic heterocycles. The predicted octanol–water partition coefficient (Wildman–Crippen LogP) is 1.66. The lowest BCUT2D eigenvalue weighted by Crippen LogP contribution is -2.53. The monoisotopic (exact) mass is 309 g/mol. The van der Waals surface area contributed by atoms with E-state index in [1.807, 2.05) is 20.8 Å². The van der Waals surface area contributed by atoms with E-state index in [1.165, 1.54) is 12.8 Å². The molecule has 2 fully saturated rings. The number of carbonyl (C=O) groups excluding carboxylic acids is 2. The summed E-state index contributed by atoms with van der Waals surface area (Å²) in [4.78, 5) is 26.5. The van der Waals surface area contributed by atoms with Gasteiger partial charge in [0.05, 0.1) is 6.04 Å². The minimum atomic E-state index is -0.395. The smallest absolute Gasteiger partial charge is 0.234 e. The first-order chi connectivity index (χ1) is 10.2. The fraction of sp³-hybridized carbons (Fsp3) is 0.882. The number of hydrogen-bond donors (Lipinski definition) is 2. The van der Waals surface area contributed by atoms with E-state index in [4.69, 9.17) is 5.73 Å². The Bertz CT molecular complexity index is 422. The van der Waals surface area contributed by atoms with E-state index in [-0.39, 0.29) is 23.9 Å². The van der Waals surface area contributed by atoms with Crippen molar-refractivity contribution >= 4 is 11.8 Å². The highest BCUT2D eigenvalue weighted by molar-refractivity contribution is 5.83. The largest absolute Gasteiger partial charge is 0.368 e. The Morgan fingerprint density at radius 1 is 1.09 bits per heavy atom. The SMILES string of the molecule is CC1CCC(N(C(=O)C(C)(C)C)[C@@H]2CN[C@H](C(N)=O)C2)CC1. The lowest BCUT2D eigenvalue weighted by Gasteiger charge is -2.42. The van der Waals surface area contributed by atoms with E-state index < -0.39 is 5.41 Å². The van der Waals surface area contributed by atoms with Crippen molar-refractivity contribution in [2.45, 2.75) is 77.9 Å². The van der Waals surface area contributed by atoms with E-state index in [0.29, 0.717) is 19.0 Å². The van der Waals surface area contributed by atoms with Crippen LogP contribution in [0, 0.1) is 11.3 Å².